The molecular formula is C13H18N2O2. The first-order valence-corrected chi connectivity index (χ1v) is 5.39. The molecule has 0 spiro atoms. The fourth-order valence-electron chi connectivity index (χ4n) is 1.32. The van der Waals surface area contributed by atoms with E-state index in [0.717, 1.165) is 5.57 Å². The zero-order chi connectivity index (χ0) is 12.8. The van der Waals surface area contributed by atoms with Crippen LogP contribution in [0.15, 0.2) is 29.8 Å². The normalized spacial score (nSPS) is 9.59. The summed E-state index contributed by atoms with van der Waals surface area (Å²) in [5.41, 5.74) is 7.85. The lowest BCUT2D eigenvalue weighted by molar-refractivity contribution is 0.0957. The van der Waals surface area contributed by atoms with Gasteiger partial charge >= 0.3 is 0 Å². The Labute approximate surface area is 101 Å². The van der Waals surface area contributed by atoms with E-state index in [0.29, 0.717) is 23.5 Å². The monoisotopic (exact) mass is 234 g/mol. The van der Waals surface area contributed by atoms with Crippen molar-refractivity contribution in [2.75, 3.05) is 19.4 Å². The van der Waals surface area contributed by atoms with E-state index < -0.39 is 0 Å². The van der Waals surface area contributed by atoms with Crippen LogP contribution in [0, 0.1) is 0 Å². The summed E-state index contributed by atoms with van der Waals surface area (Å²) in [5, 5.41) is 2.78. The highest BCUT2D eigenvalue weighted by Crippen LogP contribution is 2.18. The van der Waals surface area contributed by atoms with Crippen molar-refractivity contribution < 1.29 is 9.53 Å². The zero-order valence-corrected chi connectivity index (χ0v) is 10.4. The van der Waals surface area contributed by atoms with Gasteiger partial charge in [-0.2, -0.15) is 0 Å². The third kappa shape index (κ3) is 4.18. The van der Waals surface area contributed by atoms with Gasteiger partial charge in [-0.1, -0.05) is 11.6 Å². The zero-order valence-electron chi connectivity index (χ0n) is 10.4. The summed E-state index contributed by atoms with van der Waals surface area (Å²) < 4.78 is 5.06. The minimum Gasteiger partial charge on any atom is -0.497 e. The molecule has 0 atom stereocenters. The van der Waals surface area contributed by atoms with Crippen molar-refractivity contribution in [1.82, 2.24) is 5.32 Å². The number of methoxy groups -OCH3 is 1. The van der Waals surface area contributed by atoms with E-state index in [1.807, 2.05) is 19.9 Å². The van der Waals surface area contributed by atoms with Gasteiger partial charge in [-0.05, 0) is 26.0 Å². The molecule has 17 heavy (non-hydrogen) atoms. The SMILES string of the molecule is COc1cc(N)cc(C(=O)NCC=C(C)C)c1. The van der Waals surface area contributed by atoms with E-state index in [9.17, 15) is 4.79 Å². The smallest absolute Gasteiger partial charge is 0.251 e. The number of hydrogen-bond acceptors (Lipinski definition) is 3. The second-order valence-electron chi connectivity index (χ2n) is 3.99. The van der Waals surface area contributed by atoms with Crippen molar-refractivity contribution in [1.29, 1.82) is 0 Å². The van der Waals surface area contributed by atoms with Crippen molar-refractivity contribution in [3.8, 4) is 5.75 Å². The summed E-state index contributed by atoms with van der Waals surface area (Å²) >= 11 is 0. The van der Waals surface area contributed by atoms with E-state index >= 15 is 0 Å². The van der Waals surface area contributed by atoms with E-state index in [4.69, 9.17) is 10.5 Å². The number of nitrogens with two attached hydrogens (primary N) is 1. The molecule has 0 aliphatic heterocycles. The van der Waals surface area contributed by atoms with Gasteiger partial charge in [0.2, 0.25) is 0 Å². The lowest BCUT2D eigenvalue weighted by Gasteiger charge is -2.06. The van der Waals surface area contributed by atoms with E-state index in [1.54, 1.807) is 25.3 Å². The molecule has 4 heteroatoms. The Morgan fingerprint density at radius 2 is 2.12 bits per heavy atom. The molecule has 92 valence electrons. The summed E-state index contributed by atoms with van der Waals surface area (Å²) in [6.07, 6.45) is 1.95. The topological polar surface area (TPSA) is 64.3 Å². The molecule has 0 aromatic heterocycles. The minimum absolute atomic E-state index is 0.159. The Balaban J connectivity index is 2.75. The van der Waals surface area contributed by atoms with Gasteiger partial charge in [-0.15, -0.1) is 0 Å². The molecule has 0 fully saturated rings. The second-order valence-corrected chi connectivity index (χ2v) is 3.99. The first-order chi connectivity index (χ1) is 8.02. The molecule has 1 aromatic rings. The predicted octanol–water partition coefficient (Wildman–Crippen LogP) is 1.97. The second kappa shape index (κ2) is 5.94. The lowest BCUT2D eigenvalue weighted by atomic mass is 10.1. The van der Waals surface area contributed by atoms with Crippen LogP contribution in [0.3, 0.4) is 0 Å². The van der Waals surface area contributed by atoms with Crippen molar-refractivity contribution in [3.05, 3.63) is 35.4 Å². The number of nitrogens with one attached hydrogen (secondary N) is 1. The van der Waals surface area contributed by atoms with E-state index in [2.05, 4.69) is 5.32 Å². The molecule has 0 saturated heterocycles. The molecule has 0 saturated carbocycles. The maximum Gasteiger partial charge on any atom is 0.251 e. The van der Waals surface area contributed by atoms with Crippen LogP contribution < -0.4 is 15.8 Å². The van der Waals surface area contributed by atoms with Gasteiger partial charge < -0.3 is 15.8 Å². The van der Waals surface area contributed by atoms with Crippen LogP contribution in [-0.4, -0.2) is 19.6 Å². The number of hydrogen-bond donors (Lipinski definition) is 2. The van der Waals surface area contributed by atoms with Gasteiger partial charge in [-0.25, -0.2) is 0 Å². The number of allylic oxidation sites excluding steroid dienone is 1. The third-order valence-electron chi connectivity index (χ3n) is 2.20. The first-order valence-electron chi connectivity index (χ1n) is 5.39. The number of rotatable bonds is 4. The fourth-order valence-corrected chi connectivity index (χ4v) is 1.32. The molecule has 0 aliphatic carbocycles. The Hall–Kier alpha value is -1.97. The average molecular weight is 234 g/mol. The van der Waals surface area contributed by atoms with Gasteiger partial charge in [0.1, 0.15) is 5.75 Å². The molecule has 0 heterocycles. The van der Waals surface area contributed by atoms with Crippen LogP contribution in [0.25, 0.3) is 0 Å². The summed E-state index contributed by atoms with van der Waals surface area (Å²) in [4.78, 5) is 11.8. The predicted molar refractivity (Wildman–Crippen MR) is 69.2 cm³/mol. The molecule has 0 aliphatic rings. The molecule has 1 rings (SSSR count). The number of benzene rings is 1. The third-order valence-corrected chi connectivity index (χ3v) is 2.20. The highest BCUT2D eigenvalue weighted by atomic mass is 16.5. The first kappa shape index (κ1) is 13.1. The average Bonchev–Trinajstić information content (AvgIpc) is 2.27. The molecule has 1 amide bonds. The summed E-state index contributed by atoms with van der Waals surface area (Å²) in [7, 11) is 1.54. The summed E-state index contributed by atoms with van der Waals surface area (Å²) in [6.45, 7) is 4.48. The van der Waals surface area contributed by atoms with Gasteiger partial charge in [0, 0.05) is 23.9 Å². The van der Waals surface area contributed by atoms with Crippen LogP contribution in [0.5, 0.6) is 5.75 Å². The van der Waals surface area contributed by atoms with Crippen LogP contribution in [0.1, 0.15) is 24.2 Å². The van der Waals surface area contributed by atoms with E-state index in [-0.39, 0.29) is 5.91 Å². The molecule has 4 nitrogen and oxygen atoms in total. The largest absolute Gasteiger partial charge is 0.497 e. The highest BCUT2D eigenvalue weighted by Gasteiger charge is 2.07. The standard InChI is InChI=1S/C13H18N2O2/c1-9(2)4-5-15-13(16)10-6-11(14)8-12(7-10)17-3/h4,6-8H,5,14H2,1-3H3,(H,15,16). The highest BCUT2D eigenvalue weighted by molar-refractivity contribution is 5.95. The lowest BCUT2D eigenvalue weighted by Crippen LogP contribution is -2.23. The molecule has 3 N–H and O–H groups in total. The maximum atomic E-state index is 11.8. The Morgan fingerprint density at radius 3 is 2.71 bits per heavy atom. The summed E-state index contributed by atoms with van der Waals surface area (Å²) in [6, 6.07) is 4.96. The Morgan fingerprint density at radius 1 is 1.41 bits per heavy atom. The van der Waals surface area contributed by atoms with Crippen molar-refractivity contribution in [2.24, 2.45) is 0 Å². The molecule has 0 bridgehead atoms. The van der Waals surface area contributed by atoms with Gasteiger partial charge in [0.15, 0.2) is 0 Å². The van der Waals surface area contributed by atoms with Crippen LogP contribution in [0.2, 0.25) is 0 Å². The molecule has 0 unspecified atom stereocenters. The van der Waals surface area contributed by atoms with Gasteiger partial charge in [0.05, 0.1) is 7.11 Å². The van der Waals surface area contributed by atoms with Crippen molar-refractivity contribution in [2.45, 2.75) is 13.8 Å². The number of anilines is 1. The Kier molecular flexibility index (Phi) is 4.57. The van der Waals surface area contributed by atoms with Gasteiger partial charge in [-0.3, -0.25) is 4.79 Å². The molecule has 1 aromatic carbocycles. The van der Waals surface area contributed by atoms with Gasteiger partial charge in [0.25, 0.3) is 5.91 Å². The molecular weight excluding hydrogens is 216 g/mol. The Bertz CT molecular complexity index is 435. The van der Waals surface area contributed by atoms with Crippen LogP contribution in [-0.2, 0) is 0 Å². The maximum absolute atomic E-state index is 11.8. The van der Waals surface area contributed by atoms with Crippen molar-refractivity contribution in [3.63, 3.8) is 0 Å². The van der Waals surface area contributed by atoms with Crippen LogP contribution in [0.4, 0.5) is 5.69 Å². The number of nitrogen functional groups attached to an aromatic ring is 1. The number of amides is 1. The number of carbonyl (C=O) groups is 1. The van der Waals surface area contributed by atoms with E-state index in [1.165, 1.54) is 0 Å². The number of ether oxygens (including phenoxy) is 1. The van der Waals surface area contributed by atoms with Crippen LogP contribution >= 0.6 is 0 Å². The van der Waals surface area contributed by atoms with Crippen molar-refractivity contribution >= 4 is 11.6 Å². The molecule has 0 radical (unpaired) electrons. The summed E-state index contributed by atoms with van der Waals surface area (Å²) in [5.74, 6) is 0.422. The minimum atomic E-state index is -0.159. The quantitative estimate of drug-likeness (QED) is 0.618. The fraction of sp³-hybridized carbons (Fsp3) is 0.308. The number of carbonyl (C=O) groups excluding carboxylic acids is 1.